The summed E-state index contributed by atoms with van der Waals surface area (Å²) in [6.07, 6.45) is -2.28. The van der Waals surface area contributed by atoms with Crippen LogP contribution in [0, 0.1) is 0 Å². The molecule has 2 heterocycles. The third-order valence-electron chi connectivity index (χ3n) is 4.25. The molecule has 0 aliphatic heterocycles. The van der Waals surface area contributed by atoms with Crippen molar-refractivity contribution in [2.24, 2.45) is 0 Å². The maximum absolute atomic E-state index is 13.7. The van der Waals surface area contributed by atoms with Gasteiger partial charge in [-0.2, -0.15) is 18.3 Å². The van der Waals surface area contributed by atoms with Gasteiger partial charge in [0, 0.05) is 17.8 Å². The fourth-order valence-electron chi connectivity index (χ4n) is 2.94. The monoisotopic (exact) mass is 386 g/mol. The molecular weight excluding hydrogens is 373 g/mol. The Hall–Kier alpha value is -3.55. The number of ether oxygens (including phenoxy) is 1. The second-order valence-electron chi connectivity index (χ2n) is 6.00. The van der Waals surface area contributed by atoms with Gasteiger partial charge in [0.05, 0.1) is 29.9 Å². The first-order valence-electron chi connectivity index (χ1n) is 8.21. The summed E-state index contributed by atoms with van der Waals surface area (Å²) in [5.74, 6) is -1.08. The first kappa shape index (κ1) is 17.8. The van der Waals surface area contributed by atoms with Crippen LogP contribution >= 0.6 is 0 Å². The summed E-state index contributed by atoms with van der Waals surface area (Å²) in [7, 11) is 1.37. The number of para-hydroxylation sites is 1. The Labute approximate surface area is 156 Å². The largest absolute Gasteiger partial charge is 0.497 e. The van der Waals surface area contributed by atoms with Gasteiger partial charge in [-0.25, -0.2) is 4.68 Å². The number of benzene rings is 2. The molecule has 2 aromatic carbocycles. The van der Waals surface area contributed by atoms with Crippen LogP contribution in [-0.4, -0.2) is 16.9 Å². The molecule has 4 aromatic rings. The number of nitrogens with zero attached hydrogens (tertiary/aromatic N) is 2. The summed E-state index contributed by atoms with van der Waals surface area (Å²) in [5, 5.41) is 4.11. The van der Waals surface area contributed by atoms with E-state index in [0.717, 1.165) is 0 Å². The van der Waals surface area contributed by atoms with Gasteiger partial charge in [-0.15, -0.1) is 0 Å². The minimum absolute atomic E-state index is 0.0163. The van der Waals surface area contributed by atoms with Gasteiger partial charge in [0.1, 0.15) is 11.3 Å². The fraction of sp³-hybridized carbons (Fsp3) is 0.100. The van der Waals surface area contributed by atoms with Crippen LogP contribution in [0.4, 0.5) is 13.2 Å². The molecule has 0 bridgehead atoms. The smallest absolute Gasteiger partial charge is 0.450 e. The standard InChI is InChI=1S/C20H13F3N2O3/c1-27-14-7-8-15-16(9-14)28-19(20(21,22)23)17(18(15)26)12-10-24-25(11-12)13-5-3-2-4-6-13/h2-11H,1H3. The van der Waals surface area contributed by atoms with Gasteiger partial charge in [0.15, 0.2) is 0 Å². The van der Waals surface area contributed by atoms with Crippen molar-refractivity contribution < 1.29 is 22.3 Å². The van der Waals surface area contributed by atoms with Crippen molar-refractivity contribution in [2.75, 3.05) is 7.11 Å². The molecule has 0 atom stereocenters. The second-order valence-corrected chi connectivity index (χ2v) is 6.00. The molecule has 0 aliphatic rings. The molecule has 142 valence electrons. The van der Waals surface area contributed by atoms with Crippen LogP contribution in [0.5, 0.6) is 5.75 Å². The molecule has 2 aromatic heterocycles. The van der Waals surface area contributed by atoms with Crippen LogP contribution in [0.3, 0.4) is 0 Å². The average molecular weight is 386 g/mol. The number of fused-ring (bicyclic) bond motifs is 1. The van der Waals surface area contributed by atoms with E-state index in [9.17, 15) is 18.0 Å². The van der Waals surface area contributed by atoms with Gasteiger partial charge < -0.3 is 9.15 Å². The van der Waals surface area contributed by atoms with Crippen molar-refractivity contribution in [3.63, 3.8) is 0 Å². The van der Waals surface area contributed by atoms with Crippen molar-refractivity contribution in [1.82, 2.24) is 9.78 Å². The van der Waals surface area contributed by atoms with Crippen molar-refractivity contribution >= 4 is 11.0 Å². The van der Waals surface area contributed by atoms with Gasteiger partial charge in [0.25, 0.3) is 0 Å². The number of alkyl halides is 3. The molecule has 0 fully saturated rings. The molecule has 4 rings (SSSR count). The third-order valence-corrected chi connectivity index (χ3v) is 4.25. The highest BCUT2D eigenvalue weighted by Crippen LogP contribution is 2.37. The zero-order valence-corrected chi connectivity index (χ0v) is 14.5. The number of hydrogen-bond acceptors (Lipinski definition) is 4. The average Bonchev–Trinajstić information content (AvgIpc) is 3.17. The quantitative estimate of drug-likeness (QED) is 0.513. The Morgan fingerprint density at radius 2 is 1.86 bits per heavy atom. The molecule has 0 saturated heterocycles. The summed E-state index contributed by atoms with van der Waals surface area (Å²) >= 11 is 0. The zero-order chi connectivity index (χ0) is 19.9. The SMILES string of the molecule is COc1ccc2c(=O)c(-c3cnn(-c4ccccc4)c3)c(C(F)(F)F)oc2c1. The van der Waals surface area contributed by atoms with Crippen molar-refractivity contribution in [1.29, 1.82) is 0 Å². The minimum Gasteiger partial charge on any atom is -0.497 e. The Morgan fingerprint density at radius 1 is 1.11 bits per heavy atom. The summed E-state index contributed by atoms with van der Waals surface area (Å²) in [5.41, 5.74) is -0.896. The molecule has 0 saturated carbocycles. The molecule has 0 spiro atoms. The Bertz CT molecular complexity index is 1210. The van der Waals surface area contributed by atoms with E-state index in [1.54, 1.807) is 24.3 Å². The Balaban J connectivity index is 1.97. The first-order chi connectivity index (χ1) is 13.4. The summed E-state index contributed by atoms with van der Waals surface area (Å²) in [6.45, 7) is 0. The number of halogens is 3. The van der Waals surface area contributed by atoms with Gasteiger partial charge >= 0.3 is 6.18 Å². The lowest BCUT2D eigenvalue weighted by atomic mass is 10.0. The van der Waals surface area contributed by atoms with Gasteiger partial charge in [-0.3, -0.25) is 4.79 Å². The topological polar surface area (TPSA) is 57.3 Å². The lowest BCUT2D eigenvalue weighted by Gasteiger charge is -2.12. The highest BCUT2D eigenvalue weighted by molar-refractivity contribution is 5.84. The van der Waals surface area contributed by atoms with E-state index in [-0.39, 0.29) is 22.3 Å². The Kier molecular flexibility index (Phi) is 4.18. The number of aromatic nitrogens is 2. The van der Waals surface area contributed by atoms with Gasteiger partial charge in [-0.05, 0) is 24.3 Å². The second kappa shape index (κ2) is 6.56. The zero-order valence-electron chi connectivity index (χ0n) is 14.5. The predicted octanol–water partition coefficient (Wildman–Crippen LogP) is 4.67. The minimum atomic E-state index is -4.86. The highest BCUT2D eigenvalue weighted by Gasteiger charge is 2.39. The van der Waals surface area contributed by atoms with E-state index in [0.29, 0.717) is 5.69 Å². The van der Waals surface area contributed by atoms with Crippen molar-refractivity contribution in [3.8, 4) is 22.6 Å². The summed E-state index contributed by atoms with van der Waals surface area (Å²) < 4.78 is 52.5. The van der Waals surface area contributed by atoms with Crippen molar-refractivity contribution in [2.45, 2.75) is 6.18 Å². The molecular formula is C20H13F3N2O3. The van der Waals surface area contributed by atoms with Crippen LogP contribution in [0.1, 0.15) is 5.76 Å². The maximum Gasteiger partial charge on any atom is 0.450 e. The van der Waals surface area contributed by atoms with E-state index in [1.165, 1.54) is 42.4 Å². The van der Waals surface area contributed by atoms with E-state index >= 15 is 0 Å². The number of methoxy groups -OCH3 is 1. The number of rotatable bonds is 3. The normalized spacial score (nSPS) is 11.7. The van der Waals surface area contributed by atoms with E-state index in [1.807, 2.05) is 6.07 Å². The molecule has 5 nitrogen and oxygen atoms in total. The van der Waals surface area contributed by atoms with Gasteiger partial charge in [0.2, 0.25) is 11.2 Å². The molecule has 0 amide bonds. The summed E-state index contributed by atoms with van der Waals surface area (Å²) in [6, 6.07) is 13.0. The lowest BCUT2D eigenvalue weighted by Crippen LogP contribution is -2.15. The van der Waals surface area contributed by atoms with Crippen molar-refractivity contribution in [3.05, 3.63) is 76.9 Å². The van der Waals surface area contributed by atoms with E-state index in [4.69, 9.17) is 9.15 Å². The molecule has 0 aliphatic carbocycles. The molecule has 0 N–H and O–H groups in total. The van der Waals surface area contributed by atoms with Crippen LogP contribution in [0.2, 0.25) is 0 Å². The van der Waals surface area contributed by atoms with Crippen LogP contribution < -0.4 is 10.2 Å². The first-order valence-corrected chi connectivity index (χ1v) is 8.21. The predicted molar refractivity (Wildman–Crippen MR) is 96.6 cm³/mol. The lowest BCUT2D eigenvalue weighted by molar-refractivity contribution is -0.152. The van der Waals surface area contributed by atoms with Crippen LogP contribution in [-0.2, 0) is 6.18 Å². The van der Waals surface area contributed by atoms with E-state index < -0.39 is 22.9 Å². The Morgan fingerprint density at radius 3 is 2.54 bits per heavy atom. The third kappa shape index (κ3) is 3.02. The highest BCUT2D eigenvalue weighted by atomic mass is 19.4. The number of hydrogen-bond donors (Lipinski definition) is 0. The van der Waals surface area contributed by atoms with E-state index in [2.05, 4.69) is 5.10 Å². The van der Waals surface area contributed by atoms with Gasteiger partial charge in [-0.1, -0.05) is 18.2 Å². The molecule has 0 radical (unpaired) electrons. The molecule has 8 heteroatoms. The maximum atomic E-state index is 13.7. The summed E-state index contributed by atoms with van der Waals surface area (Å²) in [4.78, 5) is 12.9. The fourth-order valence-corrected chi connectivity index (χ4v) is 2.94. The van der Waals surface area contributed by atoms with Crippen LogP contribution in [0.15, 0.2) is 70.1 Å². The van der Waals surface area contributed by atoms with Crippen LogP contribution in [0.25, 0.3) is 27.8 Å². The molecule has 28 heavy (non-hydrogen) atoms. The molecule has 0 unspecified atom stereocenters.